The maximum atomic E-state index is 10.4. The fraction of sp³-hybridized carbons (Fsp3) is 0.300. The van der Waals surface area contributed by atoms with Crippen molar-refractivity contribution in [3.63, 3.8) is 0 Å². The number of thiocarbonyl (C=S) groups is 1. The zero-order valence-electron chi connectivity index (χ0n) is 9.21. The smallest absolute Gasteiger partial charge is 0.401 e. The Labute approximate surface area is 103 Å². The van der Waals surface area contributed by atoms with Crippen LogP contribution in [0.4, 0.5) is 5.88 Å². The highest BCUT2D eigenvalue weighted by atomic mass is 32.1. The summed E-state index contributed by atoms with van der Waals surface area (Å²) >= 11 is 5.00. The lowest BCUT2D eigenvalue weighted by atomic mass is 10.4. The summed E-state index contributed by atoms with van der Waals surface area (Å²) in [6.07, 6.45) is 3.17. The van der Waals surface area contributed by atoms with Crippen LogP contribution in [0.25, 0.3) is 6.08 Å². The fourth-order valence-corrected chi connectivity index (χ4v) is 1.19. The minimum absolute atomic E-state index is 0.289. The van der Waals surface area contributed by atoms with Gasteiger partial charge in [0.15, 0.2) is 0 Å². The number of rotatable bonds is 6. The molecule has 0 saturated carbocycles. The molecule has 1 aromatic rings. The molecule has 0 saturated heterocycles. The zero-order valence-corrected chi connectivity index (χ0v) is 10.0. The molecule has 0 aliphatic carbocycles. The van der Waals surface area contributed by atoms with Crippen molar-refractivity contribution < 1.29 is 14.1 Å². The third-order valence-corrected chi connectivity index (χ3v) is 2.08. The number of hydrogen-bond donors (Lipinski definition) is 1. The first-order valence-corrected chi connectivity index (χ1v) is 5.23. The fourth-order valence-electron chi connectivity index (χ4n) is 1.02. The summed E-state index contributed by atoms with van der Waals surface area (Å²) < 4.78 is 9.77. The Morgan fingerprint density at radius 1 is 1.71 bits per heavy atom. The quantitative estimate of drug-likeness (QED) is 0.275. The van der Waals surface area contributed by atoms with Gasteiger partial charge in [-0.3, -0.25) is 10.1 Å². The molecule has 1 aromatic heterocycles. The molecule has 0 bridgehead atoms. The Morgan fingerprint density at radius 2 is 2.47 bits per heavy atom. The van der Waals surface area contributed by atoms with E-state index < -0.39 is 4.92 Å². The molecule has 0 amide bonds. The van der Waals surface area contributed by atoms with Gasteiger partial charge < -0.3 is 14.5 Å². The molecule has 1 rings (SSSR count). The van der Waals surface area contributed by atoms with Gasteiger partial charge in [-0.15, -0.1) is 0 Å². The van der Waals surface area contributed by atoms with Gasteiger partial charge in [0.25, 0.3) is 0 Å². The van der Waals surface area contributed by atoms with Crippen LogP contribution >= 0.6 is 12.2 Å². The van der Waals surface area contributed by atoms with E-state index in [0.717, 1.165) is 0 Å². The second-order valence-electron chi connectivity index (χ2n) is 3.05. The Balaban J connectivity index is 2.46. The Kier molecular flexibility index (Phi) is 5.31. The van der Waals surface area contributed by atoms with Gasteiger partial charge >= 0.3 is 5.88 Å². The van der Waals surface area contributed by atoms with Gasteiger partial charge in [-0.05, 0) is 18.2 Å². The lowest BCUT2D eigenvalue weighted by molar-refractivity contribution is -0.402. The highest BCUT2D eigenvalue weighted by Gasteiger charge is 2.09. The largest absolute Gasteiger partial charge is 0.433 e. The van der Waals surface area contributed by atoms with Crippen molar-refractivity contribution in [3.8, 4) is 0 Å². The van der Waals surface area contributed by atoms with Crippen LogP contribution in [0.3, 0.4) is 0 Å². The minimum Gasteiger partial charge on any atom is -0.401 e. The van der Waals surface area contributed by atoms with E-state index in [1.54, 1.807) is 19.3 Å². The van der Waals surface area contributed by atoms with Crippen LogP contribution in [0.5, 0.6) is 0 Å². The number of hydrogen-bond acceptors (Lipinski definition) is 5. The lowest BCUT2D eigenvalue weighted by Crippen LogP contribution is -2.23. The highest BCUT2D eigenvalue weighted by molar-refractivity contribution is 7.80. The molecule has 0 spiro atoms. The first kappa shape index (κ1) is 13.3. The molecule has 0 unspecified atom stereocenters. The number of ether oxygens (including phenoxy) is 1. The van der Waals surface area contributed by atoms with E-state index >= 15 is 0 Å². The van der Waals surface area contributed by atoms with Crippen molar-refractivity contribution in [2.24, 2.45) is 0 Å². The van der Waals surface area contributed by atoms with Crippen molar-refractivity contribution in [1.29, 1.82) is 0 Å². The molecule has 0 radical (unpaired) electrons. The van der Waals surface area contributed by atoms with E-state index in [4.69, 9.17) is 21.4 Å². The molecule has 0 atom stereocenters. The highest BCUT2D eigenvalue weighted by Crippen LogP contribution is 2.16. The first-order valence-electron chi connectivity index (χ1n) is 4.82. The summed E-state index contributed by atoms with van der Waals surface area (Å²) in [7, 11) is 1.60. The van der Waals surface area contributed by atoms with Gasteiger partial charge in [0.05, 0.1) is 17.7 Å². The van der Waals surface area contributed by atoms with E-state index in [1.165, 1.54) is 12.1 Å². The summed E-state index contributed by atoms with van der Waals surface area (Å²) in [5.74, 6) is 0.0931. The molecule has 17 heavy (non-hydrogen) atoms. The number of methoxy groups -OCH3 is 1. The monoisotopic (exact) mass is 256 g/mol. The Bertz CT molecular complexity index is 428. The van der Waals surface area contributed by atoms with Crippen molar-refractivity contribution in [2.75, 3.05) is 20.3 Å². The summed E-state index contributed by atoms with van der Waals surface area (Å²) in [5, 5.41) is 13.3. The van der Waals surface area contributed by atoms with Crippen molar-refractivity contribution in [3.05, 3.63) is 34.1 Å². The Hall–Kier alpha value is -1.73. The van der Waals surface area contributed by atoms with Crippen molar-refractivity contribution >= 4 is 29.2 Å². The van der Waals surface area contributed by atoms with Gasteiger partial charge in [-0.25, -0.2) is 0 Å². The third-order valence-electron chi connectivity index (χ3n) is 1.80. The van der Waals surface area contributed by atoms with Crippen LogP contribution in [-0.4, -0.2) is 30.2 Å². The van der Waals surface area contributed by atoms with Crippen LogP contribution in [0.1, 0.15) is 5.76 Å². The van der Waals surface area contributed by atoms with E-state index in [2.05, 4.69) is 5.32 Å². The van der Waals surface area contributed by atoms with E-state index in [0.29, 0.717) is 23.9 Å². The molecule has 0 aliphatic rings. The van der Waals surface area contributed by atoms with Gasteiger partial charge in [0, 0.05) is 13.7 Å². The van der Waals surface area contributed by atoms with Gasteiger partial charge in [0.2, 0.25) is 0 Å². The molecule has 0 aliphatic heterocycles. The van der Waals surface area contributed by atoms with Crippen LogP contribution in [0.2, 0.25) is 0 Å². The standard InChI is InChI=1S/C10H12N2O4S/c1-15-7-6-11-9(17)4-2-8-3-5-10(16-8)12(13)14/h2-5H,6-7H2,1H3,(H,11,17)/b4-2+. The summed E-state index contributed by atoms with van der Waals surface area (Å²) in [4.78, 5) is 10.3. The van der Waals surface area contributed by atoms with Gasteiger partial charge in [-0.1, -0.05) is 12.2 Å². The maximum Gasteiger partial charge on any atom is 0.433 e. The summed E-state index contributed by atoms with van der Waals surface area (Å²) in [6, 6.07) is 2.80. The predicted octanol–water partition coefficient (Wildman–Crippen LogP) is 1.76. The number of nitrogens with one attached hydrogen (secondary N) is 1. The molecule has 7 heteroatoms. The molecule has 0 aromatic carbocycles. The van der Waals surface area contributed by atoms with Crippen LogP contribution in [0, 0.1) is 10.1 Å². The van der Waals surface area contributed by atoms with Crippen molar-refractivity contribution in [1.82, 2.24) is 5.32 Å². The SMILES string of the molecule is COCCNC(=S)/C=C/c1ccc([N+](=O)[O-])o1. The normalized spacial score (nSPS) is 10.6. The zero-order chi connectivity index (χ0) is 12.7. The van der Waals surface area contributed by atoms with Crippen LogP contribution < -0.4 is 5.32 Å². The number of nitro groups is 1. The maximum absolute atomic E-state index is 10.4. The third kappa shape index (κ3) is 4.75. The van der Waals surface area contributed by atoms with Gasteiger partial charge in [0.1, 0.15) is 10.7 Å². The topological polar surface area (TPSA) is 77.5 Å². The van der Waals surface area contributed by atoms with E-state index in [-0.39, 0.29) is 5.88 Å². The predicted molar refractivity (Wildman–Crippen MR) is 66.9 cm³/mol. The second kappa shape index (κ2) is 6.77. The van der Waals surface area contributed by atoms with E-state index in [9.17, 15) is 10.1 Å². The molecule has 1 heterocycles. The van der Waals surface area contributed by atoms with Gasteiger partial charge in [-0.2, -0.15) is 0 Å². The Morgan fingerprint density at radius 3 is 3.06 bits per heavy atom. The molecular formula is C10H12N2O4S. The molecule has 92 valence electrons. The van der Waals surface area contributed by atoms with Crippen molar-refractivity contribution in [2.45, 2.75) is 0 Å². The minimum atomic E-state index is -0.591. The average molecular weight is 256 g/mol. The molecule has 6 nitrogen and oxygen atoms in total. The summed E-state index contributed by atoms with van der Waals surface area (Å²) in [6.45, 7) is 1.16. The number of nitrogens with zero attached hydrogens (tertiary/aromatic N) is 1. The van der Waals surface area contributed by atoms with E-state index in [1.807, 2.05) is 0 Å². The first-order chi connectivity index (χ1) is 8.13. The molecule has 1 N–H and O–H groups in total. The number of furan rings is 1. The molecular weight excluding hydrogens is 244 g/mol. The van der Waals surface area contributed by atoms with Crippen LogP contribution in [-0.2, 0) is 4.74 Å². The average Bonchev–Trinajstić information content (AvgIpc) is 2.75. The van der Waals surface area contributed by atoms with Crippen LogP contribution in [0.15, 0.2) is 22.6 Å². The lowest BCUT2D eigenvalue weighted by Gasteiger charge is -2.01. The summed E-state index contributed by atoms with van der Waals surface area (Å²) in [5.41, 5.74) is 0. The second-order valence-corrected chi connectivity index (χ2v) is 3.49. The molecule has 0 fully saturated rings.